The molecule has 0 aliphatic carbocycles. The number of amides is 1. The summed E-state index contributed by atoms with van der Waals surface area (Å²) >= 11 is 4.63. The van der Waals surface area contributed by atoms with Crippen molar-refractivity contribution in [3.05, 3.63) is 79.8 Å². The molecule has 30 heavy (non-hydrogen) atoms. The summed E-state index contributed by atoms with van der Waals surface area (Å²) in [6.07, 6.45) is 0.103. The highest BCUT2D eigenvalue weighted by atomic mass is 79.9. The smallest absolute Gasteiger partial charge is 0.257 e. The van der Waals surface area contributed by atoms with Crippen molar-refractivity contribution in [3.63, 3.8) is 0 Å². The zero-order valence-corrected chi connectivity index (χ0v) is 18.3. The first-order chi connectivity index (χ1) is 14.5. The minimum atomic E-state index is -0.497. The van der Waals surface area contributed by atoms with Gasteiger partial charge in [0, 0.05) is 28.1 Å². The monoisotopic (exact) mass is 489 g/mol. The van der Waals surface area contributed by atoms with Gasteiger partial charge in [-0.2, -0.15) is 0 Å². The van der Waals surface area contributed by atoms with Gasteiger partial charge in [0.05, 0.1) is 12.7 Å². The number of benzene rings is 2. The molecule has 4 rings (SSSR count). The quantitative estimate of drug-likeness (QED) is 0.408. The van der Waals surface area contributed by atoms with Crippen molar-refractivity contribution >= 4 is 39.4 Å². The molecule has 154 valence electrons. The molecule has 2 N–H and O–H groups in total. The molecule has 1 unspecified atom stereocenters. The predicted octanol–water partition coefficient (Wildman–Crippen LogP) is 4.45. The van der Waals surface area contributed by atoms with E-state index in [0.717, 1.165) is 10.0 Å². The minimum Gasteiger partial charge on any atom is -0.496 e. The Bertz CT molecular complexity index is 1180. The van der Waals surface area contributed by atoms with Crippen molar-refractivity contribution in [3.8, 4) is 5.75 Å². The molecule has 0 spiro atoms. The Morgan fingerprint density at radius 2 is 2.07 bits per heavy atom. The summed E-state index contributed by atoms with van der Waals surface area (Å²) < 4.78 is 20.1. The van der Waals surface area contributed by atoms with Crippen LogP contribution in [0.5, 0.6) is 5.75 Å². The number of carbonyl (C=O) groups is 1. The van der Waals surface area contributed by atoms with Crippen molar-refractivity contribution in [1.82, 2.24) is 9.97 Å². The van der Waals surface area contributed by atoms with Gasteiger partial charge in [0.2, 0.25) is 5.91 Å². The van der Waals surface area contributed by atoms with Gasteiger partial charge in [-0.05, 0) is 29.8 Å². The lowest BCUT2D eigenvalue weighted by Gasteiger charge is -2.25. The van der Waals surface area contributed by atoms with Crippen LogP contribution in [0.15, 0.2) is 56.9 Å². The normalized spacial score (nSPS) is 15.4. The average Bonchev–Trinajstić information content (AvgIpc) is 2.72. The van der Waals surface area contributed by atoms with Gasteiger partial charge in [-0.1, -0.05) is 45.9 Å². The second-order valence-corrected chi connectivity index (χ2v) is 8.58. The molecule has 0 bridgehead atoms. The van der Waals surface area contributed by atoms with Crippen LogP contribution in [0.25, 0.3) is 0 Å². The van der Waals surface area contributed by atoms with Crippen LogP contribution in [0.3, 0.4) is 0 Å². The maximum Gasteiger partial charge on any atom is 0.257 e. The number of thioether (sulfide) groups is 1. The summed E-state index contributed by atoms with van der Waals surface area (Å²) in [6.45, 7) is 0. The largest absolute Gasteiger partial charge is 0.496 e. The average molecular weight is 490 g/mol. The number of H-pyrrole nitrogens is 1. The van der Waals surface area contributed by atoms with E-state index in [2.05, 4.69) is 31.2 Å². The van der Waals surface area contributed by atoms with Crippen molar-refractivity contribution in [2.45, 2.75) is 23.2 Å². The number of anilines is 1. The molecule has 1 aliphatic heterocycles. The van der Waals surface area contributed by atoms with Crippen LogP contribution in [0, 0.1) is 5.82 Å². The predicted molar refractivity (Wildman–Crippen MR) is 117 cm³/mol. The number of fused-ring (bicyclic) bond motifs is 1. The van der Waals surface area contributed by atoms with Crippen LogP contribution in [0.1, 0.15) is 29.0 Å². The molecular weight excluding hydrogens is 473 g/mol. The first-order valence-electron chi connectivity index (χ1n) is 9.10. The van der Waals surface area contributed by atoms with Gasteiger partial charge in [-0.3, -0.25) is 9.59 Å². The van der Waals surface area contributed by atoms with Gasteiger partial charge >= 0.3 is 0 Å². The van der Waals surface area contributed by atoms with E-state index in [1.165, 1.54) is 17.8 Å². The molecule has 2 heterocycles. The van der Waals surface area contributed by atoms with Crippen LogP contribution >= 0.6 is 27.7 Å². The third-order valence-electron chi connectivity index (χ3n) is 4.82. The number of halogens is 2. The number of ether oxygens (including phenoxy) is 1. The van der Waals surface area contributed by atoms with Gasteiger partial charge in [-0.25, -0.2) is 9.37 Å². The van der Waals surface area contributed by atoms with Crippen LogP contribution < -0.4 is 15.6 Å². The molecule has 1 aromatic heterocycles. The maximum atomic E-state index is 13.9. The second-order valence-electron chi connectivity index (χ2n) is 6.70. The number of carbonyl (C=O) groups excluding carboxylic acids is 1. The third kappa shape index (κ3) is 4.13. The fourth-order valence-electron chi connectivity index (χ4n) is 3.42. The molecule has 0 radical (unpaired) electrons. The number of nitrogens with zero attached hydrogens (tertiary/aromatic N) is 1. The molecule has 0 saturated carbocycles. The number of nitrogens with one attached hydrogen (secondary N) is 2. The van der Waals surface area contributed by atoms with Crippen molar-refractivity contribution in [1.29, 1.82) is 0 Å². The van der Waals surface area contributed by atoms with Crippen LogP contribution in [0.4, 0.5) is 10.2 Å². The van der Waals surface area contributed by atoms with Gasteiger partial charge in [-0.15, -0.1) is 0 Å². The van der Waals surface area contributed by atoms with E-state index in [1.54, 1.807) is 31.4 Å². The van der Waals surface area contributed by atoms with Crippen molar-refractivity contribution in [2.75, 3.05) is 12.4 Å². The van der Waals surface area contributed by atoms with Gasteiger partial charge in [0.25, 0.3) is 5.56 Å². The number of aromatic nitrogens is 2. The Morgan fingerprint density at radius 1 is 1.27 bits per heavy atom. The van der Waals surface area contributed by atoms with E-state index in [4.69, 9.17) is 4.74 Å². The zero-order valence-electron chi connectivity index (χ0n) is 15.9. The molecular formula is C21H17BrFN3O3S. The molecule has 6 nitrogen and oxygen atoms in total. The first kappa shape index (κ1) is 20.6. The number of rotatable bonds is 5. The summed E-state index contributed by atoms with van der Waals surface area (Å²) in [5.41, 5.74) is 1.26. The van der Waals surface area contributed by atoms with E-state index in [1.807, 2.05) is 12.1 Å². The number of hydrogen-bond donors (Lipinski definition) is 2. The van der Waals surface area contributed by atoms with Crippen molar-refractivity contribution < 1.29 is 13.9 Å². The summed E-state index contributed by atoms with van der Waals surface area (Å²) in [4.78, 5) is 32.5. The van der Waals surface area contributed by atoms with Crippen molar-refractivity contribution in [2.24, 2.45) is 0 Å². The first-order valence-corrected chi connectivity index (χ1v) is 10.9. The number of methoxy groups -OCH3 is 1. The fourth-order valence-corrected chi connectivity index (χ4v) is 4.65. The van der Waals surface area contributed by atoms with Crippen LogP contribution in [-0.4, -0.2) is 23.0 Å². The zero-order chi connectivity index (χ0) is 21.3. The molecule has 1 amide bonds. The summed E-state index contributed by atoms with van der Waals surface area (Å²) in [6, 6.07) is 11.9. The molecule has 9 heteroatoms. The molecule has 2 aromatic carbocycles. The van der Waals surface area contributed by atoms with Gasteiger partial charge in [0.15, 0.2) is 5.16 Å². The van der Waals surface area contributed by atoms with Gasteiger partial charge < -0.3 is 15.0 Å². The summed E-state index contributed by atoms with van der Waals surface area (Å²) in [7, 11) is 1.54. The Hall–Kier alpha value is -2.65. The highest BCUT2D eigenvalue weighted by Gasteiger charge is 2.32. The molecule has 1 atom stereocenters. The Kier molecular flexibility index (Phi) is 5.92. The van der Waals surface area contributed by atoms with E-state index < -0.39 is 5.92 Å². The lowest BCUT2D eigenvalue weighted by atomic mass is 9.86. The maximum absolute atomic E-state index is 13.9. The van der Waals surface area contributed by atoms with E-state index in [0.29, 0.717) is 27.8 Å². The fraction of sp³-hybridized carbons (Fsp3) is 0.190. The Balaban J connectivity index is 1.71. The molecule has 0 saturated heterocycles. The second kappa shape index (κ2) is 8.61. The highest BCUT2D eigenvalue weighted by Crippen LogP contribution is 2.39. The Morgan fingerprint density at radius 3 is 2.83 bits per heavy atom. The lowest BCUT2D eigenvalue weighted by Crippen LogP contribution is -2.31. The molecule has 1 aliphatic rings. The highest BCUT2D eigenvalue weighted by molar-refractivity contribution is 9.10. The summed E-state index contributed by atoms with van der Waals surface area (Å²) in [5, 5.41) is 3.00. The van der Waals surface area contributed by atoms with E-state index in [-0.39, 0.29) is 29.5 Å². The third-order valence-corrected chi connectivity index (χ3v) is 6.23. The lowest BCUT2D eigenvalue weighted by molar-refractivity contribution is -0.116. The minimum absolute atomic E-state index is 0.103. The topological polar surface area (TPSA) is 84.1 Å². The van der Waals surface area contributed by atoms with E-state index in [9.17, 15) is 14.0 Å². The Labute approximate surface area is 184 Å². The number of aromatic amines is 1. The summed E-state index contributed by atoms with van der Waals surface area (Å²) in [5.74, 6) is 0.0473. The molecule has 0 fully saturated rings. The van der Waals surface area contributed by atoms with Crippen LogP contribution in [0.2, 0.25) is 0 Å². The number of hydrogen-bond acceptors (Lipinski definition) is 5. The van der Waals surface area contributed by atoms with E-state index >= 15 is 0 Å². The van der Waals surface area contributed by atoms with Gasteiger partial charge in [0.1, 0.15) is 17.4 Å². The SMILES string of the molecule is COc1ccc(Br)cc1C1CC(=O)Nc2nc(SCc3ccccc3F)[nH]c(=O)c21. The van der Waals surface area contributed by atoms with Crippen LogP contribution in [-0.2, 0) is 10.5 Å². The standard InChI is InChI=1S/C21H17BrFN3O3S/c1-29-16-7-6-12(22)8-13(16)14-9-17(27)24-19-18(14)20(28)26-21(25-19)30-10-11-4-2-3-5-15(11)23/h2-8,14H,9-10H2,1H3,(H2,24,25,26,27,28). The molecule has 3 aromatic rings.